The van der Waals surface area contributed by atoms with Gasteiger partial charge in [0, 0.05) is 16.3 Å². The summed E-state index contributed by atoms with van der Waals surface area (Å²) in [6.45, 7) is 0. The molecule has 18 heavy (non-hydrogen) atoms. The molecule has 90 valence electrons. The number of hydrogen-bond donors (Lipinski definition) is 3. The van der Waals surface area contributed by atoms with Gasteiger partial charge in [-0.15, -0.1) is 0 Å². The molecule has 0 unspecified atom stereocenters. The molecule has 6 nitrogen and oxygen atoms in total. The van der Waals surface area contributed by atoms with Crippen molar-refractivity contribution in [3.63, 3.8) is 0 Å². The van der Waals surface area contributed by atoms with E-state index >= 15 is 0 Å². The first-order chi connectivity index (χ1) is 8.63. The second-order valence-corrected chi connectivity index (χ2v) is 4.25. The van der Waals surface area contributed by atoms with Gasteiger partial charge >= 0.3 is 0 Å². The first kappa shape index (κ1) is 10.8. The molecule has 0 fully saturated rings. The van der Waals surface area contributed by atoms with Gasteiger partial charge in [0.05, 0.1) is 0 Å². The largest absolute Gasteiger partial charge is 0.399 e. The molecule has 2 heterocycles. The summed E-state index contributed by atoms with van der Waals surface area (Å²) in [5, 5.41) is 0.546. The average molecular weight is 261 g/mol. The molecule has 0 spiro atoms. The molecule has 0 saturated carbocycles. The monoisotopic (exact) mass is 260 g/mol. The third-order valence-electron chi connectivity index (χ3n) is 2.51. The number of anilines is 2. The highest BCUT2D eigenvalue weighted by Crippen LogP contribution is 2.26. The number of imidazole rings is 1. The number of aromatic nitrogens is 4. The van der Waals surface area contributed by atoms with E-state index in [9.17, 15) is 0 Å². The minimum absolute atomic E-state index is 0.355. The van der Waals surface area contributed by atoms with Crippen molar-refractivity contribution in [3.05, 3.63) is 29.5 Å². The maximum absolute atomic E-state index is 5.96. The van der Waals surface area contributed by atoms with E-state index in [1.807, 2.05) is 0 Å². The molecular weight excluding hydrogens is 252 g/mol. The molecule has 3 aromatic rings. The quantitative estimate of drug-likeness (QED) is 0.579. The number of aromatic amines is 1. The minimum atomic E-state index is 0.355. The molecule has 2 aromatic heterocycles. The van der Waals surface area contributed by atoms with Crippen molar-refractivity contribution < 1.29 is 0 Å². The highest BCUT2D eigenvalue weighted by Gasteiger charge is 2.10. The van der Waals surface area contributed by atoms with E-state index in [4.69, 9.17) is 23.1 Å². The van der Waals surface area contributed by atoms with Crippen LogP contribution in [0.4, 0.5) is 11.5 Å². The van der Waals surface area contributed by atoms with Gasteiger partial charge < -0.3 is 16.5 Å². The molecule has 0 aliphatic heterocycles. The molecule has 7 heteroatoms. The number of nitrogens with zero attached hydrogens (tertiary/aromatic N) is 3. The van der Waals surface area contributed by atoms with E-state index in [0.29, 0.717) is 33.5 Å². The first-order valence-corrected chi connectivity index (χ1v) is 5.54. The van der Waals surface area contributed by atoms with Crippen molar-refractivity contribution in [1.82, 2.24) is 19.9 Å². The number of fused-ring (bicyclic) bond motifs is 1. The molecule has 0 bridgehead atoms. The van der Waals surface area contributed by atoms with E-state index in [1.54, 1.807) is 18.2 Å². The van der Waals surface area contributed by atoms with E-state index < -0.39 is 0 Å². The first-order valence-electron chi connectivity index (χ1n) is 5.16. The maximum Gasteiger partial charge on any atom is 0.183 e. The summed E-state index contributed by atoms with van der Waals surface area (Å²) in [7, 11) is 0. The van der Waals surface area contributed by atoms with Gasteiger partial charge in [-0.25, -0.2) is 15.0 Å². The Hall–Kier alpha value is -2.34. The third-order valence-corrected chi connectivity index (χ3v) is 2.73. The Morgan fingerprint density at radius 2 is 1.94 bits per heavy atom. The fourth-order valence-corrected chi connectivity index (χ4v) is 1.98. The lowest BCUT2D eigenvalue weighted by atomic mass is 10.2. The van der Waals surface area contributed by atoms with Gasteiger partial charge in [-0.2, -0.15) is 0 Å². The smallest absolute Gasteiger partial charge is 0.183 e. The van der Waals surface area contributed by atoms with Gasteiger partial charge in [0.25, 0.3) is 0 Å². The normalized spacial score (nSPS) is 10.9. The minimum Gasteiger partial charge on any atom is -0.399 e. The van der Waals surface area contributed by atoms with E-state index in [-0.39, 0.29) is 0 Å². The summed E-state index contributed by atoms with van der Waals surface area (Å²) < 4.78 is 0. The Bertz CT molecular complexity index is 715. The summed E-state index contributed by atoms with van der Waals surface area (Å²) in [4.78, 5) is 15.3. The summed E-state index contributed by atoms with van der Waals surface area (Å²) in [5.41, 5.74) is 13.9. The summed E-state index contributed by atoms with van der Waals surface area (Å²) in [6, 6.07) is 5.20. The van der Waals surface area contributed by atoms with E-state index in [2.05, 4.69) is 19.9 Å². The zero-order chi connectivity index (χ0) is 12.7. The van der Waals surface area contributed by atoms with Crippen LogP contribution >= 0.6 is 11.6 Å². The van der Waals surface area contributed by atoms with Gasteiger partial charge in [0.15, 0.2) is 11.5 Å². The number of halogens is 1. The van der Waals surface area contributed by atoms with Crippen molar-refractivity contribution >= 4 is 34.3 Å². The van der Waals surface area contributed by atoms with Gasteiger partial charge in [-0.05, 0) is 18.2 Å². The third kappa shape index (κ3) is 1.72. The van der Waals surface area contributed by atoms with Crippen LogP contribution in [0.2, 0.25) is 5.02 Å². The van der Waals surface area contributed by atoms with Crippen molar-refractivity contribution in [2.45, 2.75) is 0 Å². The van der Waals surface area contributed by atoms with E-state index in [0.717, 1.165) is 5.56 Å². The topological polar surface area (TPSA) is 106 Å². The molecule has 0 aliphatic carbocycles. The number of nitrogens with one attached hydrogen (secondary N) is 1. The van der Waals surface area contributed by atoms with Crippen molar-refractivity contribution in [1.29, 1.82) is 0 Å². The highest BCUT2D eigenvalue weighted by atomic mass is 35.5. The van der Waals surface area contributed by atoms with Gasteiger partial charge in [-0.3, -0.25) is 0 Å². The average Bonchev–Trinajstić information content (AvgIpc) is 2.73. The van der Waals surface area contributed by atoms with Crippen molar-refractivity contribution in [3.8, 4) is 11.4 Å². The number of benzene rings is 1. The molecule has 0 amide bonds. The molecular formula is C11H9ClN6. The lowest BCUT2D eigenvalue weighted by Gasteiger charge is -2.00. The Morgan fingerprint density at radius 1 is 1.11 bits per heavy atom. The Balaban J connectivity index is 2.22. The van der Waals surface area contributed by atoms with Crippen LogP contribution in [0.1, 0.15) is 0 Å². The zero-order valence-corrected chi connectivity index (χ0v) is 9.94. The van der Waals surface area contributed by atoms with Crippen molar-refractivity contribution in [2.75, 3.05) is 11.5 Å². The zero-order valence-electron chi connectivity index (χ0n) is 9.18. The van der Waals surface area contributed by atoms with Crippen LogP contribution in [0.5, 0.6) is 0 Å². The molecule has 1 aromatic carbocycles. The van der Waals surface area contributed by atoms with Crippen LogP contribution in [-0.4, -0.2) is 19.9 Å². The van der Waals surface area contributed by atoms with Crippen LogP contribution in [-0.2, 0) is 0 Å². The highest BCUT2D eigenvalue weighted by molar-refractivity contribution is 6.31. The summed E-state index contributed by atoms with van der Waals surface area (Å²) >= 11 is 5.96. The van der Waals surface area contributed by atoms with Gasteiger partial charge in [0.2, 0.25) is 0 Å². The standard InChI is InChI=1S/C11H9ClN6/c12-6-1-5(2-7(13)3-6)10-17-8-9(14)15-4-16-11(8)18-10/h1-4H,13H2,(H3,14,15,16,17,18). The second kappa shape index (κ2) is 3.85. The Morgan fingerprint density at radius 3 is 2.67 bits per heavy atom. The molecule has 5 N–H and O–H groups in total. The number of hydrogen-bond acceptors (Lipinski definition) is 5. The number of H-pyrrole nitrogens is 1. The Kier molecular flexibility index (Phi) is 2.31. The molecule has 3 rings (SSSR count). The second-order valence-electron chi connectivity index (χ2n) is 3.82. The SMILES string of the molecule is Nc1cc(Cl)cc(-c2nc3ncnc(N)c3[nH]2)c1. The summed E-state index contributed by atoms with van der Waals surface area (Å²) in [5.74, 6) is 0.958. The van der Waals surface area contributed by atoms with Crippen LogP contribution in [0.3, 0.4) is 0 Å². The van der Waals surface area contributed by atoms with Crippen LogP contribution in [0.25, 0.3) is 22.6 Å². The van der Waals surface area contributed by atoms with Crippen LogP contribution in [0, 0.1) is 0 Å². The van der Waals surface area contributed by atoms with Crippen molar-refractivity contribution in [2.24, 2.45) is 0 Å². The lowest BCUT2D eigenvalue weighted by Crippen LogP contribution is -1.91. The Labute approximate surface area is 107 Å². The maximum atomic E-state index is 5.96. The molecule has 0 radical (unpaired) electrons. The van der Waals surface area contributed by atoms with Crippen LogP contribution < -0.4 is 11.5 Å². The predicted molar refractivity (Wildman–Crippen MR) is 71.0 cm³/mol. The number of rotatable bonds is 1. The molecule has 0 atom stereocenters. The van der Waals surface area contributed by atoms with Crippen LogP contribution in [0.15, 0.2) is 24.5 Å². The molecule has 0 aliphatic rings. The number of nitrogens with two attached hydrogens (primary N) is 2. The van der Waals surface area contributed by atoms with Gasteiger partial charge in [0.1, 0.15) is 17.7 Å². The fraction of sp³-hybridized carbons (Fsp3) is 0. The van der Waals surface area contributed by atoms with Gasteiger partial charge in [-0.1, -0.05) is 11.6 Å². The summed E-state index contributed by atoms with van der Waals surface area (Å²) in [6.07, 6.45) is 1.37. The predicted octanol–water partition coefficient (Wildman–Crippen LogP) is 1.84. The molecule has 0 saturated heterocycles. The fourth-order valence-electron chi connectivity index (χ4n) is 1.73. The lowest BCUT2D eigenvalue weighted by molar-refractivity contribution is 1.21. The number of nitrogen functional groups attached to an aromatic ring is 2. The van der Waals surface area contributed by atoms with E-state index in [1.165, 1.54) is 6.33 Å².